The van der Waals surface area contributed by atoms with Crippen LogP contribution in [0.3, 0.4) is 0 Å². The second-order valence-corrected chi connectivity index (χ2v) is 4.05. The minimum atomic E-state index is 0.101. The van der Waals surface area contributed by atoms with Crippen LogP contribution in [-0.2, 0) is 4.79 Å². The van der Waals surface area contributed by atoms with Gasteiger partial charge in [-0.1, -0.05) is 0 Å². The zero-order valence-electron chi connectivity index (χ0n) is 8.87. The molecular weight excluding hydrogens is 194 g/mol. The summed E-state index contributed by atoms with van der Waals surface area (Å²) in [5, 5.41) is 3.21. The van der Waals surface area contributed by atoms with Crippen LogP contribution < -0.4 is 5.32 Å². The van der Waals surface area contributed by atoms with Gasteiger partial charge in [-0.05, 0) is 0 Å². The molecular formula is C10H17N3O2. The van der Waals surface area contributed by atoms with Gasteiger partial charge in [0.25, 0.3) is 0 Å². The normalized spacial score (nSPS) is 23.1. The number of Topliss-reactive ketones (excluding diaryl/α,β-unsaturated/α-hetero) is 1. The Morgan fingerprint density at radius 2 is 1.53 bits per heavy atom. The van der Waals surface area contributed by atoms with Gasteiger partial charge in [-0.2, -0.15) is 0 Å². The molecule has 2 saturated heterocycles. The van der Waals surface area contributed by atoms with Gasteiger partial charge in [0.15, 0.2) is 0 Å². The van der Waals surface area contributed by atoms with E-state index in [1.807, 2.05) is 4.90 Å². The van der Waals surface area contributed by atoms with Crippen LogP contribution in [0.4, 0.5) is 4.79 Å². The molecule has 0 radical (unpaired) electrons. The topological polar surface area (TPSA) is 52.7 Å². The van der Waals surface area contributed by atoms with E-state index in [4.69, 9.17) is 0 Å². The molecule has 0 aromatic heterocycles. The van der Waals surface area contributed by atoms with Crippen LogP contribution in [0.1, 0.15) is 12.8 Å². The van der Waals surface area contributed by atoms with E-state index in [0.29, 0.717) is 25.9 Å². The molecule has 2 aliphatic rings. The van der Waals surface area contributed by atoms with Crippen LogP contribution in [-0.4, -0.2) is 60.9 Å². The molecule has 2 amide bonds. The maximum Gasteiger partial charge on any atom is 0.320 e. The molecule has 0 aromatic rings. The van der Waals surface area contributed by atoms with Crippen molar-refractivity contribution in [2.75, 3.05) is 39.3 Å². The molecule has 2 rings (SSSR count). The van der Waals surface area contributed by atoms with Crippen molar-refractivity contribution in [3.05, 3.63) is 0 Å². The van der Waals surface area contributed by atoms with Crippen LogP contribution in [0.5, 0.6) is 0 Å². The third-order valence-electron chi connectivity index (χ3n) is 2.98. The van der Waals surface area contributed by atoms with E-state index in [0.717, 1.165) is 26.2 Å². The first-order valence-corrected chi connectivity index (χ1v) is 5.53. The Morgan fingerprint density at radius 3 is 2.13 bits per heavy atom. The van der Waals surface area contributed by atoms with Gasteiger partial charge < -0.3 is 15.1 Å². The highest BCUT2D eigenvalue weighted by Crippen LogP contribution is 2.09. The monoisotopic (exact) mass is 211 g/mol. The minimum Gasteiger partial charge on any atom is -0.324 e. The second-order valence-electron chi connectivity index (χ2n) is 4.05. The first-order valence-electron chi connectivity index (χ1n) is 5.53. The Kier molecular flexibility index (Phi) is 3.20. The number of hydrogen-bond acceptors (Lipinski definition) is 3. The Hall–Kier alpha value is -1.10. The molecule has 2 fully saturated rings. The summed E-state index contributed by atoms with van der Waals surface area (Å²) in [5.41, 5.74) is 0. The first-order chi connectivity index (χ1) is 7.27. The quantitative estimate of drug-likeness (QED) is 0.597. The fourth-order valence-corrected chi connectivity index (χ4v) is 2.00. The van der Waals surface area contributed by atoms with E-state index >= 15 is 0 Å². The number of piperazine rings is 1. The van der Waals surface area contributed by atoms with E-state index in [2.05, 4.69) is 5.32 Å². The van der Waals surface area contributed by atoms with Gasteiger partial charge in [-0.25, -0.2) is 4.79 Å². The van der Waals surface area contributed by atoms with Gasteiger partial charge in [0, 0.05) is 52.1 Å². The van der Waals surface area contributed by atoms with E-state index < -0.39 is 0 Å². The standard InChI is InChI=1S/C10H17N3O2/c14-9-1-5-12(6-2-9)10(15)13-7-3-11-4-8-13/h11H,1-8H2. The fourth-order valence-electron chi connectivity index (χ4n) is 2.00. The highest BCUT2D eigenvalue weighted by atomic mass is 16.2. The van der Waals surface area contributed by atoms with Crippen LogP contribution in [0, 0.1) is 0 Å². The molecule has 0 atom stereocenters. The molecule has 2 aliphatic heterocycles. The molecule has 5 nitrogen and oxygen atoms in total. The lowest BCUT2D eigenvalue weighted by Gasteiger charge is -2.34. The average Bonchev–Trinajstić information content (AvgIpc) is 2.30. The van der Waals surface area contributed by atoms with Gasteiger partial charge in [0.2, 0.25) is 0 Å². The number of piperidine rings is 1. The molecule has 0 bridgehead atoms. The average molecular weight is 211 g/mol. The van der Waals surface area contributed by atoms with Crippen molar-refractivity contribution >= 4 is 11.8 Å². The molecule has 2 heterocycles. The third-order valence-corrected chi connectivity index (χ3v) is 2.98. The lowest BCUT2D eigenvalue weighted by Crippen LogP contribution is -2.53. The molecule has 0 aliphatic carbocycles. The highest BCUT2D eigenvalue weighted by Gasteiger charge is 2.25. The van der Waals surface area contributed by atoms with Gasteiger partial charge >= 0.3 is 6.03 Å². The molecule has 0 saturated carbocycles. The number of carbonyl (C=O) groups excluding carboxylic acids is 2. The predicted molar refractivity (Wildman–Crippen MR) is 55.7 cm³/mol. The van der Waals surface area contributed by atoms with Crippen molar-refractivity contribution in [1.29, 1.82) is 0 Å². The van der Waals surface area contributed by atoms with Crippen LogP contribution in [0.2, 0.25) is 0 Å². The summed E-state index contributed by atoms with van der Waals surface area (Å²) in [6, 6.07) is 0.101. The Balaban J connectivity index is 1.86. The summed E-state index contributed by atoms with van der Waals surface area (Å²) in [6.07, 6.45) is 1.05. The van der Waals surface area contributed by atoms with Crippen LogP contribution in [0.25, 0.3) is 0 Å². The molecule has 15 heavy (non-hydrogen) atoms. The van der Waals surface area contributed by atoms with Gasteiger partial charge in [0.1, 0.15) is 5.78 Å². The fraction of sp³-hybridized carbons (Fsp3) is 0.800. The Labute approximate surface area is 89.4 Å². The van der Waals surface area contributed by atoms with Gasteiger partial charge in [-0.3, -0.25) is 4.79 Å². The lowest BCUT2D eigenvalue weighted by atomic mass is 10.1. The summed E-state index contributed by atoms with van der Waals surface area (Å²) in [5.74, 6) is 0.277. The number of urea groups is 1. The van der Waals surface area contributed by atoms with E-state index in [9.17, 15) is 9.59 Å². The van der Waals surface area contributed by atoms with Crippen molar-refractivity contribution in [2.24, 2.45) is 0 Å². The lowest BCUT2D eigenvalue weighted by molar-refractivity contribution is -0.120. The zero-order chi connectivity index (χ0) is 10.7. The number of ketones is 1. The Bertz CT molecular complexity index is 251. The van der Waals surface area contributed by atoms with Crippen molar-refractivity contribution < 1.29 is 9.59 Å². The summed E-state index contributed by atoms with van der Waals surface area (Å²) >= 11 is 0. The second kappa shape index (κ2) is 4.61. The van der Waals surface area contributed by atoms with Crippen LogP contribution in [0.15, 0.2) is 0 Å². The molecule has 0 unspecified atom stereocenters. The minimum absolute atomic E-state index is 0.101. The summed E-state index contributed by atoms with van der Waals surface area (Å²) in [4.78, 5) is 26.7. The van der Waals surface area contributed by atoms with E-state index in [-0.39, 0.29) is 11.8 Å². The highest BCUT2D eigenvalue weighted by molar-refractivity contribution is 5.82. The van der Waals surface area contributed by atoms with Crippen molar-refractivity contribution in [1.82, 2.24) is 15.1 Å². The maximum atomic E-state index is 12.0. The summed E-state index contributed by atoms with van der Waals surface area (Å²) < 4.78 is 0. The van der Waals surface area contributed by atoms with Crippen molar-refractivity contribution in [3.8, 4) is 0 Å². The van der Waals surface area contributed by atoms with Crippen molar-refractivity contribution in [2.45, 2.75) is 12.8 Å². The molecule has 0 aromatic carbocycles. The third kappa shape index (κ3) is 2.47. The van der Waals surface area contributed by atoms with E-state index in [1.54, 1.807) is 4.90 Å². The van der Waals surface area contributed by atoms with E-state index in [1.165, 1.54) is 0 Å². The molecule has 1 N–H and O–H groups in total. The number of nitrogens with one attached hydrogen (secondary N) is 1. The summed E-state index contributed by atoms with van der Waals surface area (Å²) in [7, 11) is 0. The molecule has 84 valence electrons. The van der Waals surface area contributed by atoms with Crippen molar-refractivity contribution in [3.63, 3.8) is 0 Å². The SMILES string of the molecule is O=C1CCN(C(=O)N2CCNCC2)CC1. The number of hydrogen-bond donors (Lipinski definition) is 1. The number of rotatable bonds is 0. The number of likely N-dealkylation sites (tertiary alicyclic amines) is 1. The zero-order valence-corrected chi connectivity index (χ0v) is 8.87. The number of amides is 2. The first kappa shape index (κ1) is 10.4. The largest absolute Gasteiger partial charge is 0.324 e. The van der Waals surface area contributed by atoms with Gasteiger partial charge in [-0.15, -0.1) is 0 Å². The number of carbonyl (C=O) groups is 2. The van der Waals surface area contributed by atoms with Crippen LogP contribution >= 0.6 is 0 Å². The smallest absolute Gasteiger partial charge is 0.320 e. The predicted octanol–water partition coefficient (Wildman–Crippen LogP) is -0.323. The number of nitrogens with zero attached hydrogens (tertiary/aromatic N) is 2. The molecule has 0 spiro atoms. The Morgan fingerprint density at radius 1 is 1.00 bits per heavy atom. The molecule has 5 heteroatoms. The maximum absolute atomic E-state index is 12.0. The van der Waals surface area contributed by atoms with Gasteiger partial charge in [0.05, 0.1) is 0 Å². The summed E-state index contributed by atoms with van der Waals surface area (Å²) in [6.45, 7) is 4.51.